The summed E-state index contributed by atoms with van der Waals surface area (Å²) in [5.74, 6) is 0.251. The molecule has 0 amide bonds. The first-order valence-corrected chi connectivity index (χ1v) is 24.5. The third kappa shape index (κ3) is 10.8. The Bertz CT molecular complexity index is 3630. The van der Waals surface area contributed by atoms with Crippen LogP contribution in [-0.2, 0) is 40.5 Å². The highest BCUT2D eigenvalue weighted by molar-refractivity contribution is 7.87. The first-order chi connectivity index (χ1) is 31.0. The number of nitrogens with one attached hydrogen (secondary N) is 3. The van der Waals surface area contributed by atoms with E-state index < -0.39 is 60.1 Å². The van der Waals surface area contributed by atoms with Crippen molar-refractivity contribution in [2.24, 2.45) is 20.5 Å². The van der Waals surface area contributed by atoms with E-state index >= 15 is 0 Å². The van der Waals surface area contributed by atoms with Crippen LogP contribution in [0.2, 0.25) is 0 Å². The molecule has 0 fully saturated rings. The van der Waals surface area contributed by atoms with Gasteiger partial charge in [-0.15, -0.1) is 0 Å². The van der Waals surface area contributed by atoms with Gasteiger partial charge in [-0.2, -0.15) is 69.1 Å². The highest BCUT2D eigenvalue weighted by atomic mass is 32.2. The molecule has 342 valence electrons. The van der Waals surface area contributed by atoms with Crippen LogP contribution >= 0.6 is 0 Å². The van der Waals surface area contributed by atoms with E-state index in [0.717, 1.165) is 24.3 Å². The maximum Gasteiger partial charge on any atom is 0.295 e. The molecule has 0 aliphatic carbocycles. The van der Waals surface area contributed by atoms with Crippen molar-refractivity contribution in [2.75, 3.05) is 29.1 Å². The van der Waals surface area contributed by atoms with E-state index in [1.165, 1.54) is 36.4 Å². The van der Waals surface area contributed by atoms with Crippen LogP contribution in [0.15, 0.2) is 137 Å². The number of hydrogen-bond acceptors (Lipinski definition) is 19. The lowest BCUT2D eigenvalue weighted by Gasteiger charge is -2.12. The predicted molar refractivity (Wildman–Crippen MR) is 240 cm³/mol. The Morgan fingerprint density at radius 3 is 1.42 bits per heavy atom. The molecule has 7 rings (SSSR count). The van der Waals surface area contributed by atoms with Gasteiger partial charge in [0, 0.05) is 39.5 Å². The quantitative estimate of drug-likeness (QED) is 0.0364. The molecule has 27 heteroatoms. The third-order valence-electron chi connectivity index (χ3n) is 9.42. The summed E-state index contributed by atoms with van der Waals surface area (Å²) in [4.78, 5) is 10.8. The van der Waals surface area contributed by atoms with E-state index in [9.17, 15) is 57.0 Å². The number of nitrogens with zero attached hydrogens (tertiary/aromatic N) is 7. The summed E-state index contributed by atoms with van der Waals surface area (Å²) in [5.41, 5.74) is 2.82. The maximum atomic E-state index is 12.2. The Labute approximate surface area is 375 Å². The fourth-order valence-electron chi connectivity index (χ4n) is 6.51. The number of rotatable bonds is 15. The number of azo groups is 2. The molecule has 6 aromatic carbocycles. The summed E-state index contributed by atoms with van der Waals surface area (Å²) in [6, 6.07) is 21.0. The fourth-order valence-corrected chi connectivity index (χ4v) is 9.31. The van der Waals surface area contributed by atoms with Crippen LogP contribution in [0.3, 0.4) is 0 Å². The van der Waals surface area contributed by atoms with E-state index in [1.54, 1.807) is 50.2 Å². The van der Waals surface area contributed by atoms with E-state index in [0.29, 0.717) is 33.9 Å². The van der Waals surface area contributed by atoms with Crippen LogP contribution < -0.4 is 16.0 Å². The zero-order chi connectivity index (χ0) is 47.8. The average molecular weight is 979 g/mol. The Kier molecular flexibility index (Phi) is 12.9. The van der Waals surface area contributed by atoms with Gasteiger partial charge in [0.25, 0.3) is 40.5 Å². The van der Waals surface area contributed by atoms with E-state index in [1.807, 2.05) is 0 Å². The molecule has 0 saturated carbocycles. The molecular formula is C39H34N10O13S4. The van der Waals surface area contributed by atoms with Gasteiger partial charge >= 0.3 is 0 Å². The minimum Gasteiger partial charge on any atom is -0.395 e. The van der Waals surface area contributed by atoms with Crippen LogP contribution in [0, 0.1) is 13.8 Å². The van der Waals surface area contributed by atoms with Gasteiger partial charge in [0.05, 0.1) is 29.4 Å². The van der Waals surface area contributed by atoms with Crippen LogP contribution in [0.5, 0.6) is 0 Å². The lowest BCUT2D eigenvalue weighted by atomic mass is 10.1. The standard InChI is InChI=1S/C39H34N10O13S4/c1-21-16-23(7-10-31(21)48-46-25-6-9-28-29(18-25)35(65(57,58)59)13-12-34(28)64(54,55)56)41-38-43-37(40-14-15-50)44-39(45-38)42-24-8-11-32(22(2)17-24)49-47-26-19-30-27(36(20-26)66(60,61)62)4-3-5-33(30)63(51,52)53/h3-13,16-20,50H,14-15H2,1-2H3,(H,51,52,53)(H,54,55,56)(H,57,58,59)(H,60,61,62)(H3,40,41,42,43,44,45)/b48-46+,49-47+. The summed E-state index contributed by atoms with van der Waals surface area (Å²) < 4.78 is 135. The monoisotopic (exact) mass is 978 g/mol. The van der Waals surface area contributed by atoms with Gasteiger partial charge in [-0.3, -0.25) is 18.2 Å². The first-order valence-electron chi connectivity index (χ1n) is 18.7. The van der Waals surface area contributed by atoms with Gasteiger partial charge in [0.2, 0.25) is 17.8 Å². The van der Waals surface area contributed by atoms with Gasteiger partial charge in [-0.1, -0.05) is 18.2 Å². The number of aromatic nitrogens is 3. The van der Waals surface area contributed by atoms with Gasteiger partial charge in [0.15, 0.2) is 0 Å². The maximum absolute atomic E-state index is 12.2. The normalized spacial score (nSPS) is 12.7. The highest BCUT2D eigenvalue weighted by Gasteiger charge is 2.23. The topological polar surface area (TPSA) is 362 Å². The van der Waals surface area contributed by atoms with Crippen molar-refractivity contribution in [3.63, 3.8) is 0 Å². The smallest absolute Gasteiger partial charge is 0.295 e. The molecule has 0 aliphatic heterocycles. The van der Waals surface area contributed by atoms with Crippen LogP contribution in [-0.4, -0.2) is 85.1 Å². The van der Waals surface area contributed by atoms with Crippen LogP contribution in [0.25, 0.3) is 21.5 Å². The second kappa shape index (κ2) is 18.1. The van der Waals surface area contributed by atoms with Crippen molar-refractivity contribution in [2.45, 2.75) is 33.4 Å². The fraction of sp³-hybridized carbons (Fsp3) is 0.103. The minimum atomic E-state index is -4.87. The zero-order valence-corrected chi connectivity index (χ0v) is 37.2. The Hall–Kier alpha value is -6.95. The first kappa shape index (κ1) is 47.0. The second-order valence-corrected chi connectivity index (χ2v) is 19.7. The van der Waals surface area contributed by atoms with Gasteiger partial charge in [0.1, 0.15) is 19.6 Å². The van der Waals surface area contributed by atoms with E-state index in [2.05, 4.69) is 51.4 Å². The van der Waals surface area contributed by atoms with E-state index in [-0.39, 0.29) is 63.9 Å². The zero-order valence-electron chi connectivity index (χ0n) is 33.9. The number of fused-ring (bicyclic) bond motifs is 2. The van der Waals surface area contributed by atoms with Crippen molar-refractivity contribution in [3.8, 4) is 0 Å². The van der Waals surface area contributed by atoms with Crippen LogP contribution in [0.4, 0.5) is 52.0 Å². The molecule has 0 saturated heterocycles. The third-order valence-corrected chi connectivity index (χ3v) is 13.0. The van der Waals surface area contributed by atoms with Crippen LogP contribution in [0.1, 0.15) is 11.1 Å². The summed E-state index contributed by atoms with van der Waals surface area (Å²) in [5, 5.41) is 34.4. The molecule has 8 N–H and O–H groups in total. The van der Waals surface area contributed by atoms with Crippen molar-refractivity contribution < 1.29 is 57.0 Å². The molecule has 1 heterocycles. The molecule has 0 aliphatic rings. The summed E-state index contributed by atoms with van der Waals surface area (Å²) >= 11 is 0. The van der Waals surface area contributed by atoms with Crippen molar-refractivity contribution in [3.05, 3.63) is 108 Å². The molecule has 0 unspecified atom stereocenters. The van der Waals surface area contributed by atoms with E-state index in [4.69, 9.17) is 0 Å². The number of hydrogen-bond donors (Lipinski definition) is 8. The van der Waals surface area contributed by atoms with Gasteiger partial charge in [-0.05, 0) is 104 Å². The number of anilines is 5. The molecule has 0 radical (unpaired) electrons. The number of aryl methyl sites for hydroxylation is 2. The number of benzene rings is 6. The summed E-state index contributed by atoms with van der Waals surface area (Å²) in [6.45, 7) is 3.31. The van der Waals surface area contributed by atoms with Crippen molar-refractivity contribution >= 4 is 114 Å². The molecule has 1 aromatic heterocycles. The number of aliphatic hydroxyl groups excluding tert-OH is 1. The molecule has 0 bridgehead atoms. The Morgan fingerprint density at radius 1 is 0.470 bits per heavy atom. The lowest BCUT2D eigenvalue weighted by molar-refractivity contribution is 0.310. The lowest BCUT2D eigenvalue weighted by Crippen LogP contribution is -2.12. The largest absolute Gasteiger partial charge is 0.395 e. The Morgan fingerprint density at radius 2 is 0.924 bits per heavy atom. The molecule has 66 heavy (non-hydrogen) atoms. The minimum absolute atomic E-state index is 0.0728. The second-order valence-electron chi connectivity index (χ2n) is 14.1. The van der Waals surface area contributed by atoms with Crippen molar-refractivity contribution in [1.82, 2.24) is 15.0 Å². The Balaban J connectivity index is 1.11. The highest BCUT2D eigenvalue weighted by Crippen LogP contribution is 2.36. The summed E-state index contributed by atoms with van der Waals surface area (Å²) in [7, 11) is -19.2. The van der Waals surface area contributed by atoms with Crippen molar-refractivity contribution in [1.29, 1.82) is 0 Å². The SMILES string of the molecule is Cc1cc(Nc2nc(NCCO)nc(Nc3ccc(/N=N/c4cc(S(=O)(=O)O)c5cccc(S(=O)(=O)O)c5c4)c(C)c3)n2)ccc1/N=N/c1ccc2c(S(=O)(=O)O)ccc(S(=O)(=O)O)c2c1. The van der Waals surface area contributed by atoms with Gasteiger partial charge in [-0.25, -0.2) is 0 Å². The summed E-state index contributed by atoms with van der Waals surface area (Å²) in [6.07, 6.45) is 0. The molecule has 23 nitrogen and oxygen atoms in total. The number of aliphatic hydroxyl groups is 1. The molecule has 7 aromatic rings. The predicted octanol–water partition coefficient (Wildman–Crippen LogP) is 7.50. The molecule has 0 atom stereocenters. The van der Waals surface area contributed by atoms with Gasteiger partial charge < -0.3 is 21.1 Å². The average Bonchev–Trinajstić information content (AvgIpc) is 3.22. The molecule has 0 spiro atoms. The molecular weight excluding hydrogens is 945 g/mol.